The molecule has 1 aliphatic carbocycles. The van der Waals surface area contributed by atoms with Crippen molar-refractivity contribution in [3.63, 3.8) is 0 Å². The van der Waals surface area contributed by atoms with Crippen LogP contribution in [0.15, 0.2) is 30.3 Å². The van der Waals surface area contributed by atoms with Crippen LogP contribution in [0.5, 0.6) is 5.88 Å². The van der Waals surface area contributed by atoms with Crippen LogP contribution in [-0.2, 0) is 14.3 Å². The number of fused-ring (bicyclic) bond motifs is 1. The van der Waals surface area contributed by atoms with Gasteiger partial charge in [0, 0.05) is 25.1 Å². The molecule has 1 N–H and O–H groups in total. The molecule has 12 nitrogen and oxygen atoms in total. The van der Waals surface area contributed by atoms with Crippen LogP contribution in [-0.4, -0.2) is 98.6 Å². The second-order valence-corrected chi connectivity index (χ2v) is 10.4. The topological polar surface area (TPSA) is 126 Å². The number of morpholine rings is 1. The van der Waals surface area contributed by atoms with E-state index in [9.17, 15) is 23.5 Å². The van der Waals surface area contributed by atoms with E-state index in [4.69, 9.17) is 9.47 Å². The minimum absolute atomic E-state index is 0.0204. The molecule has 3 aromatic rings. The summed E-state index contributed by atoms with van der Waals surface area (Å²) >= 11 is 0. The number of para-hydroxylation sites is 2. The number of anilines is 1. The number of carbonyl (C=O) groups is 2. The van der Waals surface area contributed by atoms with Gasteiger partial charge in [-0.1, -0.05) is 12.1 Å². The Morgan fingerprint density at radius 1 is 1.10 bits per heavy atom. The summed E-state index contributed by atoms with van der Waals surface area (Å²) in [6, 6.07) is 8.46. The lowest BCUT2D eigenvalue weighted by Gasteiger charge is -2.31. The zero-order valence-corrected chi connectivity index (χ0v) is 22.4. The molecule has 6 rings (SSSR count). The first kappa shape index (κ1) is 27.3. The number of ether oxygens (including phenoxy) is 2. The normalized spacial score (nSPS) is 21.8. The third-order valence-corrected chi connectivity index (χ3v) is 7.80. The fraction of sp³-hybridized carbons (Fsp3) is 0.519. The molecule has 3 aliphatic rings. The average molecular weight is 572 g/mol. The van der Waals surface area contributed by atoms with Crippen molar-refractivity contribution in [3.05, 3.63) is 36.2 Å². The van der Waals surface area contributed by atoms with Gasteiger partial charge in [0.2, 0.25) is 23.6 Å². The van der Waals surface area contributed by atoms with E-state index in [1.165, 1.54) is 14.4 Å². The number of aliphatic hydroxyl groups is 1. The van der Waals surface area contributed by atoms with Gasteiger partial charge in [0.1, 0.15) is 25.2 Å². The lowest BCUT2D eigenvalue weighted by Crippen LogP contribution is -2.39. The highest BCUT2D eigenvalue weighted by atomic mass is 19.3. The minimum atomic E-state index is -2.82. The predicted octanol–water partition coefficient (Wildman–Crippen LogP) is 2.11. The Morgan fingerprint density at radius 3 is 2.56 bits per heavy atom. The molecule has 2 aromatic heterocycles. The molecule has 1 aromatic carbocycles. The second-order valence-electron chi connectivity index (χ2n) is 10.4. The molecule has 3 fully saturated rings. The quantitative estimate of drug-likeness (QED) is 0.454. The number of imidazole rings is 1. The van der Waals surface area contributed by atoms with Crippen molar-refractivity contribution < 1.29 is 33.0 Å². The van der Waals surface area contributed by atoms with E-state index in [1.807, 2.05) is 4.90 Å². The van der Waals surface area contributed by atoms with E-state index < -0.39 is 19.0 Å². The van der Waals surface area contributed by atoms with Gasteiger partial charge >= 0.3 is 0 Å². The van der Waals surface area contributed by atoms with E-state index in [-0.39, 0.29) is 48.7 Å². The van der Waals surface area contributed by atoms with E-state index in [0.717, 1.165) is 0 Å². The molecule has 2 saturated heterocycles. The van der Waals surface area contributed by atoms with Crippen LogP contribution in [0.2, 0.25) is 0 Å². The molecule has 41 heavy (non-hydrogen) atoms. The Morgan fingerprint density at radius 2 is 1.85 bits per heavy atom. The van der Waals surface area contributed by atoms with Gasteiger partial charge in [-0.15, -0.1) is 0 Å². The number of aliphatic hydroxyl groups excluding tert-OH is 1. The maximum atomic E-state index is 14.1. The van der Waals surface area contributed by atoms with Crippen LogP contribution in [0.1, 0.15) is 37.9 Å². The summed E-state index contributed by atoms with van der Waals surface area (Å²) in [4.78, 5) is 43.0. The summed E-state index contributed by atoms with van der Waals surface area (Å²) in [7, 11) is 0. The van der Waals surface area contributed by atoms with Gasteiger partial charge in [-0.25, -0.2) is 13.8 Å². The highest BCUT2D eigenvalue weighted by Crippen LogP contribution is 2.32. The maximum absolute atomic E-state index is 14.1. The SMILES string of the molecule is O=C1CN(C(=O)[C@H]2CC[C@H](Oc3cc(-n4c(C(F)F)nc5ccccc54)nc(N4CCOCC4)n3)CC2)CN1CO. The zero-order valence-electron chi connectivity index (χ0n) is 22.4. The predicted molar refractivity (Wildman–Crippen MR) is 142 cm³/mol. The number of nitrogens with zero attached hydrogens (tertiary/aromatic N) is 7. The number of benzene rings is 1. The molecule has 0 radical (unpaired) electrons. The van der Waals surface area contributed by atoms with Crippen molar-refractivity contribution in [2.24, 2.45) is 5.92 Å². The van der Waals surface area contributed by atoms with Crippen LogP contribution in [0.3, 0.4) is 0 Å². The molecular weight excluding hydrogens is 540 g/mol. The highest BCUT2D eigenvalue weighted by molar-refractivity contribution is 5.88. The van der Waals surface area contributed by atoms with Gasteiger partial charge in [-0.3, -0.25) is 14.2 Å². The standard InChI is InChI=1S/C27H31F2N7O5/c28-24(29)25-30-19-3-1-2-4-20(19)36(25)21-13-22(32-27(31-21)33-9-11-40-12-10-33)41-18-7-5-17(6-8-18)26(39)34-14-23(38)35(15-34)16-37/h1-4,13,17-18,24,37H,5-12,14-16H2/t17-,18-. The molecule has 0 atom stereocenters. The van der Waals surface area contributed by atoms with Crippen LogP contribution in [0.25, 0.3) is 16.9 Å². The Kier molecular flexibility index (Phi) is 7.67. The monoisotopic (exact) mass is 571 g/mol. The summed E-state index contributed by atoms with van der Waals surface area (Å²) in [6.07, 6.45) is -0.735. The fourth-order valence-electron chi connectivity index (χ4n) is 5.64. The summed E-state index contributed by atoms with van der Waals surface area (Å²) < 4.78 is 41.3. The van der Waals surface area contributed by atoms with Gasteiger partial charge in [-0.2, -0.15) is 9.97 Å². The summed E-state index contributed by atoms with van der Waals surface area (Å²) in [5.41, 5.74) is 0.932. The average Bonchev–Trinajstić information content (AvgIpc) is 3.58. The number of halogens is 2. The molecule has 2 amide bonds. The largest absolute Gasteiger partial charge is 0.474 e. The van der Waals surface area contributed by atoms with Crippen LogP contribution >= 0.6 is 0 Å². The van der Waals surface area contributed by atoms with Gasteiger partial charge in [0.05, 0.1) is 30.9 Å². The van der Waals surface area contributed by atoms with E-state index in [0.29, 0.717) is 69.0 Å². The molecule has 0 bridgehead atoms. The molecular formula is C27H31F2N7O5. The van der Waals surface area contributed by atoms with Gasteiger partial charge in [-0.05, 0) is 37.8 Å². The number of alkyl halides is 2. The lowest BCUT2D eigenvalue weighted by molar-refractivity contribution is -0.137. The number of hydrogen-bond acceptors (Lipinski definition) is 9. The Hall–Kier alpha value is -3.91. The Balaban J connectivity index is 1.23. The van der Waals surface area contributed by atoms with E-state index >= 15 is 0 Å². The van der Waals surface area contributed by atoms with Gasteiger partial charge in [0.25, 0.3) is 6.43 Å². The number of hydrogen-bond donors (Lipinski definition) is 1. The number of aromatic nitrogens is 4. The summed E-state index contributed by atoms with van der Waals surface area (Å²) in [5.74, 6) is -0.174. The summed E-state index contributed by atoms with van der Waals surface area (Å²) in [6.45, 7) is 1.76. The molecule has 14 heteroatoms. The molecule has 4 heterocycles. The molecule has 218 valence electrons. The molecule has 1 saturated carbocycles. The lowest BCUT2D eigenvalue weighted by atomic mass is 9.86. The van der Waals surface area contributed by atoms with Crippen molar-refractivity contribution in [2.45, 2.75) is 38.2 Å². The van der Waals surface area contributed by atoms with E-state index in [1.54, 1.807) is 30.3 Å². The minimum Gasteiger partial charge on any atom is -0.474 e. The first-order valence-electron chi connectivity index (χ1n) is 13.7. The van der Waals surface area contributed by atoms with E-state index in [2.05, 4.69) is 15.0 Å². The third-order valence-electron chi connectivity index (χ3n) is 7.80. The third kappa shape index (κ3) is 5.53. The summed E-state index contributed by atoms with van der Waals surface area (Å²) in [5, 5.41) is 9.29. The molecule has 0 spiro atoms. The van der Waals surface area contributed by atoms with Crippen molar-refractivity contribution >= 4 is 28.8 Å². The Bertz CT molecular complexity index is 1420. The molecule has 0 unspecified atom stereocenters. The van der Waals surface area contributed by atoms with Crippen molar-refractivity contribution in [3.8, 4) is 11.7 Å². The fourth-order valence-corrected chi connectivity index (χ4v) is 5.64. The van der Waals surface area contributed by atoms with Crippen LogP contribution in [0.4, 0.5) is 14.7 Å². The van der Waals surface area contributed by atoms with Gasteiger partial charge in [0.15, 0.2) is 5.82 Å². The maximum Gasteiger partial charge on any atom is 0.296 e. The molecule has 2 aliphatic heterocycles. The first-order chi connectivity index (χ1) is 19.9. The van der Waals surface area contributed by atoms with Crippen LogP contribution < -0.4 is 9.64 Å². The van der Waals surface area contributed by atoms with Gasteiger partial charge < -0.3 is 29.3 Å². The number of carbonyl (C=O) groups excluding carboxylic acids is 2. The van der Waals surface area contributed by atoms with Crippen LogP contribution in [0, 0.1) is 5.92 Å². The van der Waals surface area contributed by atoms with Crippen molar-refractivity contribution in [1.82, 2.24) is 29.3 Å². The zero-order chi connectivity index (χ0) is 28.5. The first-order valence-corrected chi connectivity index (χ1v) is 13.7. The Labute approximate surface area is 234 Å². The number of rotatable bonds is 7. The highest BCUT2D eigenvalue weighted by Gasteiger charge is 2.36. The smallest absolute Gasteiger partial charge is 0.296 e. The van der Waals surface area contributed by atoms with Crippen molar-refractivity contribution in [2.75, 3.05) is 51.1 Å². The number of amides is 2. The second kappa shape index (κ2) is 11.5. The van der Waals surface area contributed by atoms with Crippen molar-refractivity contribution in [1.29, 1.82) is 0 Å².